The number of hydrogen-bond donors (Lipinski definition) is 3. The lowest BCUT2D eigenvalue weighted by Crippen LogP contribution is -2.34. The van der Waals surface area contributed by atoms with Crippen LogP contribution >= 0.6 is 11.8 Å². The molecule has 1 atom stereocenters. The van der Waals surface area contributed by atoms with Gasteiger partial charge in [0, 0.05) is 13.1 Å². The Balaban J connectivity index is 1.81. The Labute approximate surface area is 116 Å². The number of nitrogens with zero attached hydrogens (tertiary/aromatic N) is 2. The quantitative estimate of drug-likeness (QED) is 0.669. The predicted molar refractivity (Wildman–Crippen MR) is 74.8 cm³/mol. The van der Waals surface area contributed by atoms with Crippen LogP contribution in [0.2, 0.25) is 0 Å². The summed E-state index contributed by atoms with van der Waals surface area (Å²) < 4.78 is 1.96. The van der Waals surface area contributed by atoms with E-state index in [1.165, 1.54) is 0 Å². The number of carbonyl (C=O) groups is 1. The van der Waals surface area contributed by atoms with E-state index in [1.807, 2.05) is 17.0 Å². The van der Waals surface area contributed by atoms with Crippen molar-refractivity contribution in [2.75, 3.05) is 18.6 Å². The van der Waals surface area contributed by atoms with Crippen LogP contribution in [0.3, 0.4) is 0 Å². The fraction of sp³-hybridized carbons (Fsp3) is 0.667. The fourth-order valence-electron chi connectivity index (χ4n) is 1.99. The number of thioether (sulfide) groups is 1. The number of amides is 1. The molecule has 3 N–H and O–H groups in total. The van der Waals surface area contributed by atoms with E-state index in [1.54, 1.807) is 11.8 Å². The summed E-state index contributed by atoms with van der Waals surface area (Å²) >= 11 is 1.62. The van der Waals surface area contributed by atoms with Crippen LogP contribution in [0, 0.1) is 0 Å². The van der Waals surface area contributed by atoms with Gasteiger partial charge in [-0.15, -0.1) is 0 Å². The van der Waals surface area contributed by atoms with Crippen molar-refractivity contribution >= 4 is 17.7 Å². The summed E-state index contributed by atoms with van der Waals surface area (Å²) in [6.07, 6.45) is 1.51. The van der Waals surface area contributed by atoms with Gasteiger partial charge in [-0.1, -0.05) is 0 Å². The molecule has 6 nitrogen and oxygen atoms in total. The Bertz CT molecular complexity index is 412. The zero-order valence-electron chi connectivity index (χ0n) is 11.1. The Morgan fingerprint density at radius 2 is 2.58 bits per heavy atom. The molecule has 0 saturated heterocycles. The Morgan fingerprint density at radius 1 is 1.74 bits per heavy atom. The largest absolute Gasteiger partial charge is 0.383 e. The van der Waals surface area contributed by atoms with Gasteiger partial charge >= 0.3 is 0 Å². The molecular formula is C12H20N4O2S. The summed E-state index contributed by atoms with van der Waals surface area (Å²) in [6.45, 7) is 2.97. The predicted octanol–water partition coefficient (Wildman–Crippen LogP) is -0.283. The maximum atomic E-state index is 11.6. The first-order valence-corrected chi connectivity index (χ1v) is 7.81. The van der Waals surface area contributed by atoms with Gasteiger partial charge in [0.25, 0.3) is 0 Å². The highest BCUT2D eigenvalue weighted by atomic mass is 32.2. The van der Waals surface area contributed by atoms with Crippen molar-refractivity contribution in [2.45, 2.75) is 32.2 Å². The standard InChI is InChI=1S/C12H20N4O2S/c1-19-5-2-11(17)12(18)14-7-9-6-10-8-13-3-4-16(10)15-9/h6,11,13,17H,2-5,7-8H2,1H3,(H,14,18)/t11-/m0/s1. The van der Waals surface area contributed by atoms with Crippen molar-refractivity contribution in [1.82, 2.24) is 20.4 Å². The molecule has 2 rings (SSSR count). The highest BCUT2D eigenvalue weighted by Crippen LogP contribution is 2.07. The molecule has 7 heteroatoms. The number of fused-ring (bicyclic) bond motifs is 1. The first-order chi connectivity index (χ1) is 9.20. The summed E-state index contributed by atoms with van der Waals surface area (Å²) in [5.74, 6) is 0.456. The summed E-state index contributed by atoms with van der Waals surface area (Å²) in [6, 6.07) is 1.99. The van der Waals surface area contributed by atoms with Gasteiger partial charge in [0.05, 0.1) is 24.5 Å². The van der Waals surface area contributed by atoms with E-state index in [0.29, 0.717) is 13.0 Å². The SMILES string of the molecule is CSCC[C@H](O)C(=O)NCc1cc2n(n1)CCNC2. The molecule has 1 amide bonds. The molecule has 1 aliphatic heterocycles. The third-order valence-corrected chi connectivity index (χ3v) is 3.71. The van der Waals surface area contributed by atoms with Crippen LogP contribution in [-0.2, 0) is 24.4 Å². The van der Waals surface area contributed by atoms with Crippen molar-refractivity contribution in [3.05, 3.63) is 17.5 Å². The zero-order chi connectivity index (χ0) is 13.7. The van der Waals surface area contributed by atoms with E-state index in [-0.39, 0.29) is 5.91 Å². The van der Waals surface area contributed by atoms with Gasteiger partial charge in [-0.2, -0.15) is 16.9 Å². The van der Waals surface area contributed by atoms with Gasteiger partial charge in [0.2, 0.25) is 5.91 Å². The summed E-state index contributed by atoms with van der Waals surface area (Å²) in [5, 5.41) is 20.0. The molecular weight excluding hydrogens is 264 g/mol. The highest BCUT2D eigenvalue weighted by molar-refractivity contribution is 7.98. The molecule has 0 fully saturated rings. The molecule has 0 saturated carbocycles. The van der Waals surface area contributed by atoms with Crippen LogP contribution in [0.15, 0.2) is 6.07 Å². The highest BCUT2D eigenvalue weighted by Gasteiger charge is 2.16. The lowest BCUT2D eigenvalue weighted by atomic mass is 10.2. The minimum atomic E-state index is -0.925. The molecule has 0 aliphatic carbocycles. The van der Waals surface area contributed by atoms with Crippen LogP contribution in [0.25, 0.3) is 0 Å². The second-order valence-corrected chi connectivity index (χ2v) is 5.53. The molecule has 0 radical (unpaired) electrons. The number of aromatic nitrogens is 2. The summed E-state index contributed by atoms with van der Waals surface area (Å²) in [4.78, 5) is 11.6. The fourth-order valence-corrected chi connectivity index (χ4v) is 2.45. The second-order valence-electron chi connectivity index (χ2n) is 4.54. The maximum absolute atomic E-state index is 11.6. The molecule has 1 aromatic rings. The third kappa shape index (κ3) is 3.95. The van der Waals surface area contributed by atoms with E-state index < -0.39 is 6.10 Å². The van der Waals surface area contributed by atoms with Crippen LogP contribution < -0.4 is 10.6 Å². The Morgan fingerprint density at radius 3 is 3.32 bits per heavy atom. The first-order valence-electron chi connectivity index (χ1n) is 6.41. The van der Waals surface area contributed by atoms with Crippen molar-refractivity contribution in [1.29, 1.82) is 0 Å². The van der Waals surface area contributed by atoms with Gasteiger partial charge in [-0.05, 0) is 24.5 Å². The van der Waals surface area contributed by atoms with Crippen LogP contribution in [0.5, 0.6) is 0 Å². The van der Waals surface area contributed by atoms with Crippen molar-refractivity contribution in [3.8, 4) is 0 Å². The number of carbonyl (C=O) groups excluding carboxylic acids is 1. The van der Waals surface area contributed by atoms with Gasteiger partial charge in [0.1, 0.15) is 6.10 Å². The van der Waals surface area contributed by atoms with E-state index in [9.17, 15) is 9.90 Å². The van der Waals surface area contributed by atoms with Crippen LogP contribution in [0.1, 0.15) is 17.8 Å². The lowest BCUT2D eigenvalue weighted by Gasteiger charge is -2.13. The van der Waals surface area contributed by atoms with Crippen molar-refractivity contribution in [3.63, 3.8) is 0 Å². The van der Waals surface area contributed by atoms with E-state index in [2.05, 4.69) is 15.7 Å². The van der Waals surface area contributed by atoms with Gasteiger partial charge in [-0.3, -0.25) is 9.48 Å². The van der Waals surface area contributed by atoms with Gasteiger partial charge < -0.3 is 15.7 Å². The number of aliphatic hydroxyl groups is 1. The monoisotopic (exact) mass is 284 g/mol. The first kappa shape index (κ1) is 14.4. The van der Waals surface area contributed by atoms with E-state index >= 15 is 0 Å². The number of aliphatic hydroxyl groups excluding tert-OH is 1. The van der Waals surface area contributed by atoms with Crippen LogP contribution in [-0.4, -0.2) is 45.5 Å². The molecule has 1 aromatic heterocycles. The molecule has 19 heavy (non-hydrogen) atoms. The van der Waals surface area contributed by atoms with Crippen molar-refractivity contribution < 1.29 is 9.90 Å². The van der Waals surface area contributed by atoms with Crippen LogP contribution in [0.4, 0.5) is 0 Å². The number of nitrogens with one attached hydrogen (secondary N) is 2. The normalized spacial score (nSPS) is 15.9. The molecule has 0 unspecified atom stereocenters. The average molecular weight is 284 g/mol. The lowest BCUT2D eigenvalue weighted by molar-refractivity contribution is -0.129. The molecule has 0 spiro atoms. The number of rotatable bonds is 6. The second kappa shape index (κ2) is 6.93. The van der Waals surface area contributed by atoms with Gasteiger partial charge in [-0.25, -0.2) is 0 Å². The third-order valence-electron chi connectivity index (χ3n) is 3.06. The van der Waals surface area contributed by atoms with Gasteiger partial charge in [0.15, 0.2) is 0 Å². The van der Waals surface area contributed by atoms with E-state index in [4.69, 9.17) is 0 Å². The van der Waals surface area contributed by atoms with E-state index in [0.717, 1.165) is 36.8 Å². The molecule has 0 aromatic carbocycles. The zero-order valence-corrected chi connectivity index (χ0v) is 11.9. The molecule has 106 valence electrons. The molecule has 1 aliphatic rings. The topological polar surface area (TPSA) is 79.2 Å². The molecule has 0 bridgehead atoms. The Hall–Kier alpha value is -1.05. The summed E-state index contributed by atoms with van der Waals surface area (Å²) in [5.41, 5.74) is 1.97. The van der Waals surface area contributed by atoms with Crippen molar-refractivity contribution in [2.24, 2.45) is 0 Å². The Kier molecular flexibility index (Phi) is 5.24. The minimum Gasteiger partial charge on any atom is -0.383 e. The average Bonchev–Trinajstić information content (AvgIpc) is 2.84. The number of hydrogen-bond acceptors (Lipinski definition) is 5. The maximum Gasteiger partial charge on any atom is 0.249 e. The summed E-state index contributed by atoms with van der Waals surface area (Å²) in [7, 11) is 0. The minimum absolute atomic E-state index is 0.321. The molecule has 2 heterocycles. The smallest absolute Gasteiger partial charge is 0.249 e.